The van der Waals surface area contributed by atoms with Gasteiger partial charge < -0.3 is 10.6 Å². The van der Waals surface area contributed by atoms with Gasteiger partial charge in [-0.25, -0.2) is 0 Å². The van der Waals surface area contributed by atoms with E-state index >= 15 is 0 Å². The van der Waals surface area contributed by atoms with Crippen LogP contribution in [0, 0.1) is 12.8 Å². The number of guanidine groups is 1. The number of nitrogens with one attached hydrogen (secondary N) is 2. The molecule has 2 aromatic heterocycles. The van der Waals surface area contributed by atoms with Crippen molar-refractivity contribution in [3.05, 3.63) is 40.3 Å². The molecule has 1 fully saturated rings. The maximum absolute atomic E-state index is 4.38. The number of nitrogens with zero attached hydrogens (tertiary/aromatic N) is 4. The van der Waals surface area contributed by atoms with E-state index in [9.17, 15) is 0 Å². The first-order chi connectivity index (χ1) is 13.2. The third-order valence-electron chi connectivity index (χ3n) is 5.21. The molecule has 1 saturated heterocycles. The Morgan fingerprint density at radius 2 is 2.19 bits per heavy atom. The zero-order valence-electron chi connectivity index (χ0n) is 16.7. The largest absolute Gasteiger partial charge is 0.355 e. The molecule has 0 spiro atoms. The molecule has 1 unspecified atom stereocenters. The smallest absolute Gasteiger partial charge is 0.191 e. The van der Waals surface area contributed by atoms with Gasteiger partial charge in [-0.2, -0.15) is 5.10 Å². The number of hydrogen-bond acceptors (Lipinski definition) is 4. The van der Waals surface area contributed by atoms with Gasteiger partial charge in [-0.1, -0.05) is 13.0 Å². The van der Waals surface area contributed by atoms with Gasteiger partial charge in [0, 0.05) is 31.2 Å². The van der Waals surface area contributed by atoms with Crippen molar-refractivity contribution in [3.8, 4) is 0 Å². The van der Waals surface area contributed by atoms with Crippen LogP contribution in [0.4, 0.5) is 0 Å². The average Bonchev–Trinajstić information content (AvgIpc) is 3.34. The number of rotatable bonds is 7. The second-order valence-corrected chi connectivity index (χ2v) is 8.39. The lowest BCUT2D eigenvalue weighted by Gasteiger charge is -2.36. The Kier molecular flexibility index (Phi) is 7.29. The van der Waals surface area contributed by atoms with Crippen molar-refractivity contribution in [2.75, 3.05) is 33.2 Å². The third-order valence-corrected chi connectivity index (χ3v) is 6.19. The molecular formula is C20H32N6S. The van der Waals surface area contributed by atoms with Crippen LogP contribution in [0.2, 0.25) is 0 Å². The highest BCUT2D eigenvalue weighted by Crippen LogP contribution is 2.28. The second kappa shape index (κ2) is 9.90. The summed E-state index contributed by atoms with van der Waals surface area (Å²) in [5.41, 5.74) is 1.19. The molecule has 3 heterocycles. The van der Waals surface area contributed by atoms with Crippen LogP contribution in [0.15, 0.2) is 34.9 Å². The van der Waals surface area contributed by atoms with Gasteiger partial charge in [-0.3, -0.25) is 14.6 Å². The number of hydrogen-bond donors (Lipinski definition) is 2. The van der Waals surface area contributed by atoms with Gasteiger partial charge in [0.25, 0.3) is 0 Å². The summed E-state index contributed by atoms with van der Waals surface area (Å²) in [5.74, 6) is 1.70. The zero-order valence-corrected chi connectivity index (χ0v) is 17.5. The summed E-state index contributed by atoms with van der Waals surface area (Å²) in [4.78, 5) is 8.44. The molecular weight excluding hydrogens is 356 g/mol. The van der Waals surface area contributed by atoms with E-state index < -0.39 is 0 Å². The van der Waals surface area contributed by atoms with E-state index in [0.717, 1.165) is 31.5 Å². The summed E-state index contributed by atoms with van der Waals surface area (Å²) in [6.07, 6.45) is 6.52. The Bertz CT molecular complexity index is 700. The lowest BCUT2D eigenvalue weighted by Crippen LogP contribution is -2.45. The van der Waals surface area contributed by atoms with Crippen LogP contribution in [0.1, 0.15) is 36.2 Å². The van der Waals surface area contributed by atoms with E-state index in [2.05, 4.69) is 63.2 Å². The number of piperidine rings is 1. The van der Waals surface area contributed by atoms with Crippen molar-refractivity contribution in [2.24, 2.45) is 10.9 Å². The monoisotopic (exact) mass is 388 g/mol. The first-order valence-corrected chi connectivity index (χ1v) is 10.7. The lowest BCUT2D eigenvalue weighted by atomic mass is 9.97. The number of aryl methyl sites for hydroxylation is 1. The summed E-state index contributed by atoms with van der Waals surface area (Å²) in [7, 11) is 1.83. The fourth-order valence-corrected chi connectivity index (χ4v) is 4.38. The van der Waals surface area contributed by atoms with Crippen LogP contribution in [-0.4, -0.2) is 53.9 Å². The minimum atomic E-state index is 0.407. The van der Waals surface area contributed by atoms with Crippen molar-refractivity contribution < 1.29 is 0 Å². The molecule has 1 aliphatic rings. The molecule has 6 nitrogen and oxygen atoms in total. The summed E-state index contributed by atoms with van der Waals surface area (Å²) in [6, 6.07) is 4.81. The summed E-state index contributed by atoms with van der Waals surface area (Å²) in [6.45, 7) is 9.27. The second-order valence-electron chi connectivity index (χ2n) is 7.41. The molecule has 0 radical (unpaired) electrons. The van der Waals surface area contributed by atoms with Crippen molar-refractivity contribution in [1.82, 2.24) is 25.3 Å². The van der Waals surface area contributed by atoms with Crippen LogP contribution in [0.25, 0.3) is 0 Å². The Balaban J connectivity index is 1.52. The topological polar surface area (TPSA) is 57.5 Å². The highest BCUT2D eigenvalue weighted by Gasteiger charge is 2.25. The molecule has 0 amide bonds. The Morgan fingerprint density at radius 3 is 2.81 bits per heavy atom. The maximum Gasteiger partial charge on any atom is 0.191 e. The van der Waals surface area contributed by atoms with Crippen molar-refractivity contribution in [2.45, 2.75) is 39.3 Å². The summed E-state index contributed by atoms with van der Waals surface area (Å²) < 4.78 is 1.96. The molecule has 7 heteroatoms. The highest BCUT2D eigenvalue weighted by atomic mass is 32.1. The standard InChI is InChI=1S/C20H32N6S/c1-16-6-9-25(10-7-16)18(19-5-4-12-27-19)14-23-20(21-3)22-8-11-26-15-17(2)13-24-26/h4-5,12-13,15-16,18H,6-11,14H2,1-3H3,(H2,21,22,23). The molecule has 2 aromatic rings. The quantitative estimate of drug-likeness (QED) is 0.566. The van der Waals surface area contributed by atoms with Gasteiger partial charge in [0.15, 0.2) is 5.96 Å². The van der Waals surface area contributed by atoms with Crippen LogP contribution >= 0.6 is 11.3 Å². The first kappa shape index (κ1) is 19.9. The number of aliphatic imine (C=N–C) groups is 1. The Labute approximate surface area is 166 Å². The van der Waals surface area contributed by atoms with Crippen LogP contribution in [-0.2, 0) is 6.54 Å². The SMILES string of the molecule is CN=C(NCCn1cc(C)cn1)NCC(c1cccs1)N1CCC(C)CC1. The van der Waals surface area contributed by atoms with Gasteiger partial charge in [0.1, 0.15) is 0 Å². The zero-order chi connectivity index (χ0) is 19.1. The number of likely N-dealkylation sites (tertiary alicyclic amines) is 1. The fourth-order valence-electron chi connectivity index (χ4n) is 3.52. The highest BCUT2D eigenvalue weighted by molar-refractivity contribution is 7.10. The molecule has 3 rings (SSSR count). The fraction of sp³-hybridized carbons (Fsp3) is 0.600. The van der Waals surface area contributed by atoms with Gasteiger partial charge in [0.2, 0.25) is 0 Å². The minimum absolute atomic E-state index is 0.407. The van der Waals surface area contributed by atoms with E-state index in [-0.39, 0.29) is 0 Å². The molecule has 0 aliphatic carbocycles. The van der Waals surface area contributed by atoms with Gasteiger partial charge in [0.05, 0.1) is 18.8 Å². The van der Waals surface area contributed by atoms with E-state index in [1.807, 2.05) is 29.3 Å². The average molecular weight is 389 g/mol. The van der Waals surface area contributed by atoms with Crippen LogP contribution in [0.5, 0.6) is 0 Å². The molecule has 1 atom stereocenters. The predicted octanol–water partition coefficient (Wildman–Crippen LogP) is 2.89. The Hall–Kier alpha value is -1.86. The van der Waals surface area contributed by atoms with Crippen LogP contribution < -0.4 is 10.6 Å². The van der Waals surface area contributed by atoms with Crippen molar-refractivity contribution in [1.29, 1.82) is 0 Å². The van der Waals surface area contributed by atoms with E-state index in [1.54, 1.807) is 0 Å². The Morgan fingerprint density at radius 1 is 1.37 bits per heavy atom. The summed E-state index contributed by atoms with van der Waals surface area (Å²) >= 11 is 1.85. The van der Waals surface area contributed by atoms with Gasteiger partial charge in [-0.05, 0) is 55.8 Å². The van der Waals surface area contributed by atoms with Crippen molar-refractivity contribution in [3.63, 3.8) is 0 Å². The maximum atomic E-state index is 4.38. The lowest BCUT2D eigenvalue weighted by molar-refractivity contribution is 0.140. The molecule has 0 saturated carbocycles. The van der Waals surface area contributed by atoms with Gasteiger partial charge >= 0.3 is 0 Å². The summed E-state index contributed by atoms with van der Waals surface area (Å²) in [5, 5.41) is 13.4. The van der Waals surface area contributed by atoms with E-state index in [4.69, 9.17) is 0 Å². The minimum Gasteiger partial charge on any atom is -0.355 e. The van der Waals surface area contributed by atoms with Crippen molar-refractivity contribution >= 4 is 17.3 Å². The number of thiophene rings is 1. The third kappa shape index (κ3) is 5.81. The molecule has 0 aromatic carbocycles. The predicted molar refractivity (Wildman–Crippen MR) is 113 cm³/mol. The first-order valence-electron chi connectivity index (χ1n) is 9.86. The molecule has 27 heavy (non-hydrogen) atoms. The molecule has 0 bridgehead atoms. The molecule has 1 aliphatic heterocycles. The number of aromatic nitrogens is 2. The van der Waals surface area contributed by atoms with Gasteiger partial charge in [-0.15, -0.1) is 11.3 Å². The molecule has 2 N–H and O–H groups in total. The normalized spacial score (nSPS) is 17.8. The molecule has 148 valence electrons. The van der Waals surface area contributed by atoms with E-state index in [1.165, 1.54) is 36.4 Å². The van der Waals surface area contributed by atoms with Crippen LogP contribution in [0.3, 0.4) is 0 Å². The van der Waals surface area contributed by atoms with E-state index in [0.29, 0.717) is 6.04 Å².